The fraction of sp³-hybridized carbons (Fsp3) is 0.269. The second-order valence-corrected chi connectivity index (χ2v) is 8.31. The number of carbonyl (C=O) groups excluding carboxylic acids is 2. The maximum atomic E-state index is 13.8. The molecule has 0 bridgehead atoms. The number of halogens is 2. The van der Waals surface area contributed by atoms with Crippen molar-refractivity contribution in [2.75, 3.05) is 14.2 Å². The summed E-state index contributed by atoms with van der Waals surface area (Å²) in [5.41, 5.74) is 0.0920. The topological polar surface area (TPSA) is 116 Å². The molecule has 0 aliphatic carbocycles. The lowest BCUT2D eigenvalue weighted by Gasteiger charge is -2.28. The molecular formula is C26H26ClFN2O7. The summed E-state index contributed by atoms with van der Waals surface area (Å²) in [5, 5.41) is 12.9. The molecule has 2 aromatic carbocycles. The molecule has 9 nitrogen and oxygen atoms in total. The van der Waals surface area contributed by atoms with Gasteiger partial charge >= 0.3 is 5.97 Å². The quantitative estimate of drug-likeness (QED) is 0.367. The molecule has 1 amide bonds. The molecule has 3 rings (SSSR count). The SMILES string of the molecule is COc1cc(F)ccc1[C@@H](Oc1ccccc1Cl)[C@H](C)OC(=O)[C@H](C)NC(=O)c1nccc(OC)c1O. The number of rotatable bonds is 10. The van der Waals surface area contributed by atoms with E-state index in [1.54, 1.807) is 31.2 Å². The van der Waals surface area contributed by atoms with Crippen molar-refractivity contribution >= 4 is 23.5 Å². The first-order valence-corrected chi connectivity index (χ1v) is 11.5. The highest BCUT2D eigenvalue weighted by Crippen LogP contribution is 2.36. The Kier molecular flexibility index (Phi) is 9.13. The number of benzene rings is 2. The lowest BCUT2D eigenvalue weighted by Crippen LogP contribution is -2.42. The summed E-state index contributed by atoms with van der Waals surface area (Å²) in [6, 6.07) is 10.8. The Bertz CT molecular complexity index is 1270. The Balaban J connectivity index is 1.81. The maximum Gasteiger partial charge on any atom is 0.328 e. The minimum atomic E-state index is -1.13. The first-order valence-electron chi connectivity index (χ1n) is 11.1. The molecule has 3 aromatic rings. The molecule has 1 heterocycles. The number of amides is 1. The van der Waals surface area contributed by atoms with Crippen LogP contribution in [-0.4, -0.2) is 48.3 Å². The Morgan fingerprint density at radius 3 is 2.41 bits per heavy atom. The van der Waals surface area contributed by atoms with Crippen molar-refractivity contribution in [1.82, 2.24) is 10.3 Å². The predicted octanol–water partition coefficient (Wildman–Crippen LogP) is 4.47. The number of nitrogens with one attached hydrogen (secondary N) is 1. The number of aromatic nitrogens is 1. The molecule has 0 saturated heterocycles. The van der Waals surface area contributed by atoms with Crippen LogP contribution in [0.2, 0.25) is 5.02 Å². The molecule has 11 heteroatoms. The van der Waals surface area contributed by atoms with Gasteiger partial charge in [0.05, 0.1) is 19.2 Å². The van der Waals surface area contributed by atoms with Crippen LogP contribution < -0.4 is 19.5 Å². The van der Waals surface area contributed by atoms with Crippen LogP contribution in [0.25, 0.3) is 0 Å². The molecule has 0 unspecified atom stereocenters. The van der Waals surface area contributed by atoms with Crippen LogP contribution in [0.5, 0.6) is 23.0 Å². The van der Waals surface area contributed by atoms with Gasteiger partial charge in [-0.3, -0.25) is 4.79 Å². The third kappa shape index (κ3) is 6.59. The minimum Gasteiger partial charge on any atom is -0.503 e. The summed E-state index contributed by atoms with van der Waals surface area (Å²) >= 11 is 6.26. The minimum absolute atomic E-state index is 0.0526. The van der Waals surface area contributed by atoms with E-state index in [0.717, 1.165) is 0 Å². The van der Waals surface area contributed by atoms with Gasteiger partial charge in [-0.1, -0.05) is 23.7 Å². The number of esters is 1. The van der Waals surface area contributed by atoms with E-state index in [-0.39, 0.29) is 17.2 Å². The lowest BCUT2D eigenvalue weighted by atomic mass is 10.0. The van der Waals surface area contributed by atoms with Gasteiger partial charge in [-0.05, 0) is 38.1 Å². The van der Waals surface area contributed by atoms with Gasteiger partial charge in [0.2, 0.25) is 0 Å². The second kappa shape index (κ2) is 12.3. The lowest BCUT2D eigenvalue weighted by molar-refractivity contribution is -0.154. The molecule has 0 radical (unpaired) electrons. The molecule has 1 aromatic heterocycles. The van der Waals surface area contributed by atoms with Crippen molar-refractivity contribution in [3.05, 3.63) is 76.8 Å². The zero-order valence-electron chi connectivity index (χ0n) is 20.5. The smallest absolute Gasteiger partial charge is 0.328 e. The van der Waals surface area contributed by atoms with Gasteiger partial charge in [0, 0.05) is 23.9 Å². The Morgan fingerprint density at radius 1 is 1.03 bits per heavy atom. The van der Waals surface area contributed by atoms with E-state index in [2.05, 4.69) is 10.3 Å². The zero-order chi connectivity index (χ0) is 27.1. The largest absolute Gasteiger partial charge is 0.503 e. The van der Waals surface area contributed by atoms with E-state index in [1.807, 2.05) is 0 Å². The van der Waals surface area contributed by atoms with Crippen molar-refractivity contribution < 1.29 is 38.0 Å². The van der Waals surface area contributed by atoms with Gasteiger partial charge in [0.25, 0.3) is 5.91 Å². The number of aromatic hydroxyl groups is 1. The molecule has 0 aliphatic rings. The summed E-state index contributed by atoms with van der Waals surface area (Å²) in [5.74, 6) is -2.04. The first-order chi connectivity index (χ1) is 17.7. The average molecular weight is 533 g/mol. The van der Waals surface area contributed by atoms with E-state index >= 15 is 0 Å². The summed E-state index contributed by atoms with van der Waals surface area (Å²) in [4.78, 5) is 29.3. The van der Waals surface area contributed by atoms with Crippen molar-refractivity contribution in [2.24, 2.45) is 0 Å². The van der Waals surface area contributed by atoms with E-state index in [0.29, 0.717) is 16.3 Å². The molecule has 196 valence electrons. The fourth-order valence-electron chi connectivity index (χ4n) is 3.45. The van der Waals surface area contributed by atoms with Gasteiger partial charge in [-0.25, -0.2) is 14.2 Å². The molecule has 37 heavy (non-hydrogen) atoms. The van der Waals surface area contributed by atoms with Crippen LogP contribution in [0.1, 0.15) is 36.0 Å². The van der Waals surface area contributed by atoms with Crippen LogP contribution in [0.3, 0.4) is 0 Å². The van der Waals surface area contributed by atoms with Crippen LogP contribution in [0, 0.1) is 5.82 Å². The molecule has 2 N–H and O–H groups in total. The van der Waals surface area contributed by atoms with Gasteiger partial charge in [0.15, 0.2) is 23.3 Å². The van der Waals surface area contributed by atoms with E-state index in [4.69, 9.17) is 30.5 Å². The molecule has 0 fully saturated rings. The van der Waals surface area contributed by atoms with Gasteiger partial charge in [0.1, 0.15) is 29.5 Å². The standard InChI is InChI=1S/C26H26ClFN2O7/c1-14(30-25(32)22-23(31)20(34-3)11-12-29-22)26(33)36-15(2)24(37-19-8-6-5-7-18(19)27)17-10-9-16(28)13-21(17)35-4/h5-15,24,31H,1-4H3,(H,30,32)/t14-,15-,24-/m0/s1. The van der Waals surface area contributed by atoms with Crippen LogP contribution >= 0.6 is 11.6 Å². The highest BCUT2D eigenvalue weighted by Gasteiger charge is 2.31. The predicted molar refractivity (Wildman–Crippen MR) is 133 cm³/mol. The molecule has 3 atom stereocenters. The molecule has 0 saturated carbocycles. The first kappa shape index (κ1) is 27.5. The molecule has 0 spiro atoms. The van der Waals surface area contributed by atoms with Crippen molar-refractivity contribution in [3.8, 4) is 23.0 Å². The number of hydrogen-bond donors (Lipinski definition) is 2. The third-order valence-corrected chi connectivity index (χ3v) is 5.66. The number of nitrogens with zero attached hydrogens (tertiary/aromatic N) is 1. The van der Waals surface area contributed by atoms with E-state index < -0.39 is 41.7 Å². The monoisotopic (exact) mass is 532 g/mol. The molecular weight excluding hydrogens is 507 g/mol. The van der Waals surface area contributed by atoms with Gasteiger partial charge in [-0.15, -0.1) is 0 Å². The van der Waals surface area contributed by atoms with Crippen molar-refractivity contribution in [1.29, 1.82) is 0 Å². The third-order valence-electron chi connectivity index (χ3n) is 5.34. The number of methoxy groups -OCH3 is 2. The Morgan fingerprint density at radius 2 is 1.73 bits per heavy atom. The van der Waals surface area contributed by atoms with Crippen LogP contribution in [0.15, 0.2) is 54.7 Å². The van der Waals surface area contributed by atoms with Gasteiger partial charge in [-0.2, -0.15) is 0 Å². The number of ether oxygens (including phenoxy) is 4. The highest BCUT2D eigenvalue weighted by atomic mass is 35.5. The molecule has 0 aliphatic heterocycles. The summed E-state index contributed by atoms with van der Waals surface area (Å²) in [7, 11) is 2.70. The number of carbonyl (C=O) groups is 2. The van der Waals surface area contributed by atoms with E-state index in [1.165, 1.54) is 51.6 Å². The Labute approximate surface area is 218 Å². The summed E-state index contributed by atoms with van der Waals surface area (Å²) in [6.07, 6.45) is -0.608. The van der Waals surface area contributed by atoms with Gasteiger partial charge < -0.3 is 29.4 Å². The normalized spacial score (nSPS) is 13.1. The van der Waals surface area contributed by atoms with E-state index in [9.17, 15) is 19.1 Å². The highest BCUT2D eigenvalue weighted by molar-refractivity contribution is 6.32. The number of pyridine rings is 1. The maximum absolute atomic E-state index is 13.8. The van der Waals surface area contributed by atoms with Crippen LogP contribution in [0.4, 0.5) is 4.39 Å². The van der Waals surface area contributed by atoms with Crippen LogP contribution in [-0.2, 0) is 9.53 Å². The summed E-state index contributed by atoms with van der Waals surface area (Å²) in [6.45, 7) is 2.98. The Hall–Kier alpha value is -4.05. The zero-order valence-corrected chi connectivity index (χ0v) is 21.3. The number of para-hydroxylation sites is 1. The number of hydrogen-bond acceptors (Lipinski definition) is 8. The second-order valence-electron chi connectivity index (χ2n) is 7.90. The van der Waals surface area contributed by atoms with Crippen molar-refractivity contribution in [2.45, 2.75) is 32.1 Å². The average Bonchev–Trinajstić information content (AvgIpc) is 2.88. The van der Waals surface area contributed by atoms with Crippen molar-refractivity contribution in [3.63, 3.8) is 0 Å². The fourth-order valence-corrected chi connectivity index (χ4v) is 3.63. The summed E-state index contributed by atoms with van der Waals surface area (Å²) < 4.78 is 35.8.